The number of nitrogens with one attached hydrogen (secondary N) is 1. The molecule has 0 aromatic heterocycles. The predicted molar refractivity (Wildman–Crippen MR) is 70.3 cm³/mol. The Hall–Kier alpha value is -1.06. The van der Waals surface area contributed by atoms with Crippen LogP contribution in [0.1, 0.15) is 36.4 Å². The Bertz CT molecular complexity index is 365. The predicted octanol–water partition coefficient (Wildman–Crippen LogP) is 2.01. The van der Waals surface area contributed by atoms with Crippen molar-refractivity contribution in [1.29, 1.82) is 0 Å². The number of hydrogen-bond donors (Lipinski definition) is 2. The number of aryl methyl sites for hydroxylation is 1. The Balaban J connectivity index is 2.11. The zero-order valence-corrected chi connectivity index (χ0v) is 10.5. The van der Waals surface area contributed by atoms with Crippen LogP contribution < -0.4 is 15.8 Å². The summed E-state index contributed by atoms with van der Waals surface area (Å²) >= 11 is 0. The second kappa shape index (κ2) is 6.03. The summed E-state index contributed by atoms with van der Waals surface area (Å²) in [6.45, 7) is 1.75. The Labute approximate surface area is 103 Å². The SMILES string of the molecule is COc1ccc2c(c1)C(NCCCN)CCC2. The highest BCUT2D eigenvalue weighted by Crippen LogP contribution is 2.32. The molecule has 1 aromatic rings. The van der Waals surface area contributed by atoms with Gasteiger partial charge in [-0.3, -0.25) is 0 Å². The molecular weight excluding hydrogens is 212 g/mol. The standard InChI is InChI=1S/C14H22N2O/c1-17-12-7-6-11-4-2-5-14(13(11)10-12)16-9-3-8-15/h6-7,10,14,16H,2-5,8-9,15H2,1H3. The fraction of sp³-hybridized carbons (Fsp3) is 0.571. The second-order valence-electron chi connectivity index (χ2n) is 4.61. The van der Waals surface area contributed by atoms with Gasteiger partial charge in [0.1, 0.15) is 5.75 Å². The summed E-state index contributed by atoms with van der Waals surface area (Å²) in [5, 5.41) is 3.59. The highest BCUT2D eigenvalue weighted by Gasteiger charge is 2.19. The Kier molecular flexibility index (Phi) is 4.40. The molecular formula is C14H22N2O. The van der Waals surface area contributed by atoms with Gasteiger partial charge in [-0.05, 0) is 62.0 Å². The molecule has 0 saturated carbocycles. The number of ether oxygens (including phenoxy) is 1. The molecule has 1 aliphatic carbocycles. The first kappa shape index (κ1) is 12.4. The molecule has 0 radical (unpaired) electrons. The summed E-state index contributed by atoms with van der Waals surface area (Å²) in [6.07, 6.45) is 4.70. The van der Waals surface area contributed by atoms with Crippen LogP contribution >= 0.6 is 0 Å². The van der Waals surface area contributed by atoms with Crippen LogP contribution in [0.3, 0.4) is 0 Å². The maximum Gasteiger partial charge on any atom is 0.119 e. The molecule has 2 rings (SSSR count). The van der Waals surface area contributed by atoms with Crippen molar-refractivity contribution in [1.82, 2.24) is 5.32 Å². The molecule has 3 nitrogen and oxygen atoms in total. The van der Waals surface area contributed by atoms with E-state index in [-0.39, 0.29) is 0 Å². The molecule has 1 aromatic carbocycles. The molecule has 3 N–H and O–H groups in total. The fourth-order valence-electron chi connectivity index (χ4n) is 2.49. The lowest BCUT2D eigenvalue weighted by Gasteiger charge is -2.27. The third-order valence-corrected chi connectivity index (χ3v) is 3.44. The largest absolute Gasteiger partial charge is 0.497 e. The van der Waals surface area contributed by atoms with E-state index >= 15 is 0 Å². The van der Waals surface area contributed by atoms with Gasteiger partial charge in [-0.25, -0.2) is 0 Å². The van der Waals surface area contributed by atoms with E-state index in [4.69, 9.17) is 10.5 Å². The van der Waals surface area contributed by atoms with Crippen molar-refractivity contribution >= 4 is 0 Å². The number of hydrogen-bond acceptors (Lipinski definition) is 3. The molecule has 1 aliphatic rings. The molecule has 0 saturated heterocycles. The van der Waals surface area contributed by atoms with Crippen molar-refractivity contribution in [2.75, 3.05) is 20.2 Å². The summed E-state index contributed by atoms with van der Waals surface area (Å²) in [5.41, 5.74) is 8.39. The Morgan fingerprint density at radius 3 is 3.12 bits per heavy atom. The molecule has 1 unspecified atom stereocenters. The van der Waals surface area contributed by atoms with Gasteiger partial charge in [0.15, 0.2) is 0 Å². The van der Waals surface area contributed by atoms with Crippen molar-refractivity contribution in [2.45, 2.75) is 31.7 Å². The Morgan fingerprint density at radius 1 is 1.47 bits per heavy atom. The van der Waals surface area contributed by atoms with E-state index in [9.17, 15) is 0 Å². The van der Waals surface area contributed by atoms with Crippen LogP contribution in [0.25, 0.3) is 0 Å². The molecule has 3 heteroatoms. The number of methoxy groups -OCH3 is 1. The Morgan fingerprint density at radius 2 is 2.35 bits per heavy atom. The van der Waals surface area contributed by atoms with E-state index in [1.54, 1.807) is 7.11 Å². The van der Waals surface area contributed by atoms with Crippen LogP contribution in [0.5, 0.6) is 5.75 Å². The van der Waals surface area contributed by atoms with Gasteiger partial charge < -0.3 is 15.8 Å². The molecule has 0 heterocycles. The third kappa shape index (κ3) is 2.99. The maximum atomic E-state index is 5.52. The highest BCUT2D eigenvalue weighted by molar-refractivity contribution is 5.39. The summed E-state index contributed by atoms with van der Waals surface area (Å²) in [5.74, 6) is 0.955. The van der Waals surface area contributed by atoms with E-state index in [1.165, 1.54) is 30.4 Å². The quantitative estimate of drug-likeness (QED) is 0.766. The van der Waals surface area contributed by atoms with Crippen LogP contribution in [0.15, 0.2) is 18.2 Å². The van der Waals surface area contributed by atoms with E-state index in [0.29, 0.717) is 6.04 Å². The lowest BCUT2D eigenvalue weighted by molar-refractivity contribution is 0.408. The van der Waals surface area contributed by atoms with Gasteiger partial charge in [-0.15, -0.1) is 0 Å². The zero-order chi connectivity index (χ0) is 12.1. The number of fused-ring (bicyclic) bond motifs is 1. The summed E-state index contributed by atoms with van der Waals surface area (Å²) in [6, 6.07) is 6.90. The molecule has 0 aliphatic heterocycles. The lowest BCUT2D eigenvalue weighted by atomic mass is 9.87. The van der Waals surface area contributed by atoms with Crippen molar-refractivity contribution in [2.24, 2.45) is 5.73 Å². The van der Waals surface area contributed by atoms with Crippen molar-refractivity contribution in [3.8, 4) is 5.75 Å². The first-order chi connectivity index (χ1) is 8.35. The third-order valence-electron chi connectivity index (χ3n) is 3.44. The first-order valence-electron chi connectivity index (χ1n) is 6.45. The van der Waals surface area contributed by atoms with Gasteiger partial charge in [0.2, 0.25) is 0 Å². The average Bonchev–Trinajstić information content (AvgIpc) is 2.39. The molecule has 94 valence electrons. The van der Waals surface area contributed by atoms with Gasteiger partial charge >= 0.3 is 0 Å². The summed E-state index contributed by atoms with van der Waals surface area (Å²) < 4.78 is 5.31. The van der Waals surface area contributed by atoms with Gasteiger partial charge in [-0.2, -0.15) is 0 Å². The van der Waals surface area contributed by atoms with Gasteiger partial charge in [0, 0.05) is 6.04 Å². The van der Waals surface area contributed by atoms with Crippen molar-refractivity contribution < 1.29 is 4.74 Å². The number of benzene rings is 1. The summed E-state index contributed by atoms with van der Waals surface area (Å²) in [4.78, 5) is 0. The van der Waals surface area contributed by atoms with Crippen LogP contribution in [-0.4, -0.2) is 20.2 Å². The van der Waals surface area contributed by atoms with Crippen LogP contribution in [0.2, 0.25) is 0 Å². The highest BCUT2D eigenvalue weighted by atomic mass is 16.5. The maximum absolute atomic E-state index is 5.52. The zero-order valence-electron chi connectivity index (χ0n) is 10.5. The number of nitrogens with two attached hydrogens (primary N) is 1. The molecule has 0 bridgehead atoms. The first-order valence-corrected chi connectivity index (χ1v) is 6.45. The van der Waals surface area contributed by atoms with Crippen LogP contribution in [0.4, 0.5) is 0 Å². The van der Waals surface area contributed by atoms with Gasteiger partial charge in [-0.1, -0.05) is 6.07 Å². The minimum absolute atomic E-state index is 0.473. The van der Waals surface area contributed by atoms with Crippen LogP contribution in [-0.2, 0) is 6.42 Å². The smallest absolute Gasteiger partial charge is 0.119 e. The fourth-order valence-corrected chi connectivity index (χ4v) is 2.49. The second-order valence-corrected chi connectivity index (χ2v) is 4.61. The molecule has 0 amide bonds. The summed E-state index contributed by atoms with van der Waals surface area (Å²) in [7, 11) is 1.72. The van der Waals surface area contributed by atoms with Crippen molar-refractivity contribution in [3.63, 3.8) is 0 Å². The molecule has 1 atom stereocenters. The van der Waals surface area contributed by atoms with Crippen LogP contribution in [0, 0.1) is 0 Å². The van der Waals surface area contributed by atoms with E-state index < -0.39 is 0 Å². The van der Waals surface area contributed by atoms with Gasteiger partial charge in [0.05, 0.1) is 7.11 Å². The van der Waals surface area contributed by atoms with E-state index in [0.717, 1.165) is 25.3 Å². The lowest BCUT2D eigenvalue weighted by Crippen LogP contribution is -2.27. The minimum Gasteiger partial charge on any atom is -0.497 e. The monoisotopic (exact) mass is 234 g/mol. The van der Waals surface area contributed by atoms with Crippen molar-refractivity contribution in [3.05, 3.63) is 29.3 Å². The van der Waals surface area contributed by atoms with Gasteiger partial charge in [0.25, 0.3) is 0 Å². The molecule has 0 fully saturated rings. The molecule has 17 heavy (non-hydrogen) atoms. The van der Waals surface area contributed by atoms with E-state index in [1.807, 2.05) is 0 Å². The average molecular weight is 234 g/mol. The topological polar surface area (TPSA) is 47.3 Å². The normalized spacial score (nSPS) is 18.8. The number of rotatable bonds is 5. The van der Waals surface area contributed by atoms with E-state index in [2.05, 4.69) is 23.5 Å². The molecule has 0 spiro atoms. The minimum atomic E-state index is 0.473.